The summed E-state index contributed by atoms with van der Waals surface area (Å²) in [6, 6.07) is 0. The third kappa shape index (κ3) is 3.26. The van der Waals surface area contributed by atoms with Gasteiger partial charge in [-0.3, -0.25) is 4.79 Å². The van der Waals surface area contributed by atoms with Crippen molar-refractivity contribution < 1.29 is 18.0 Å². The average Bonchev–Trinajstić information content (AvgIpc) is 2.84. The van der Waals surface area contributed by atoms with Gasteiger partial charge in [0.2, 0.25) is 5.91 Å². The summed E-state index contributed by atoms with van der Waals surface area (Å²) in [6.45, 7) is 3.23. The number of fused-ring (bicyclic) bond motifs is 1. The number of halogens is 3. The zero-order valence-electron chi connectivity index (χ0n) is 12.9. The molecule has 0 aromatic heterocycles. The SMILES string of the molecule is O=C(C1CCCCC1C(F)(F)F)N1CC[C@@H]2CNC[C@@H]2CC1. The summed E-state index contributed by atoms with van der Waals surface area (Å²) in [5.41, 5.74) is 0. The Bertz CT molecular complexity index is 399. The molecule has 1 saturated carbocycles. The van der Waals surface area contributed by atoms with E-state index in [1.165, 1.54) is 0 Å². The number of hydrogen-bond donors (Lipinski definition) is 1. The first-order valence-electron chi connectivity index (χ1n) is 8.53. The zero-order chi connectivity index (χ0) is 15.7. The lowest BCUT2D eigenvalue weighted by atomic mass is 9.78. The molecule has 0 radical (unpaired) electrons. The first-order chi connectivity index (χ1) is 10.5. The predicted octanol–water partition coefficient (Wildman–Crippen LogP) is 2.81. The van der Waals surface area contributed by atoms with Crippen LogP contribution in [0.1, 0.15) is 38.5 Å². The van der Waals surface area contributed by atoms with Crippen molar-refractivity contribution in [2.75, 3.05) is 26.2 Å². The van der Waals surface area contributed by atoms with E-state index in [2.05, 4.69) is 5.32 Å². The highest BCUT2D eigenvalue weighted by molar-refractivity contribution is 5.79. The summed E-state index contributed by atoms with van der Waals surface area (Å²) in [5.74, 6) is -1.34. The molecule has 6 heteroatoms. The first kappa shape index (κ1) is 16.1. The fourth-order valence-electron chi connectivity index (χ4n) is 4.49. The fourth-order valence-corrected chi connectivity index (χ4v) is 4.49. The summed E-state index contributed by atoms with van der Waals surface area (Å²) in [7, 11) is 0. The number of alkyl halides is 3. The Morgan fingerprint density at radius 3 is 2.14 bits per heavy atom. The number of carbonyl (C=O) groups excluding carboxylic acids is 1. The Kier molecular flexibility index (Phi) is 4.67. The Labute approximate surface area is 129 Å². The van der Waals surface area contributed by atoms with E-state index in [-0.39, 0.29) is 12.3 Å². The topological polar surface area (TPSA) is 32.3 Å². The van der Waals surface area contributed by atoms with Crippen molar-refractivity contribution in [3.63, 3.8) is 0 Å². The quantitative estimate of drug-likeness (QED) is 0.806. The van der Waals surface area contributed by atoms with Crippen molar-refractivity contribution in [2.45, 2.75) is 44.7 Å². The number of nitrogens with one attached hydrogen (secondary N) is 1. The second kappa shape index (κ2) is 6.38. The Morgan fingerprint density at radius 2 is 1.55 bits per heavy atom. The van der Waals surface area contributed by atoms with Gasteiger partial charge in [0.15, 0.2) is 0 Å². The van der Waals surface area contributed by atoms with Crippen LogP contribution in [0.15, 0.2) is 0 Å². The predicted molar refractivity (Wildman–Crippen MR) is 77.2 cm³/mol. The molecule has 2 aliphatic heterocycles. The van der Waals surface area contributed by atoms with E-state index in [0.717, 1.165) is 32.4 Å². The van der Waals surface area contributed by atoms with Gasteiger partial charge in [-0.1, -0.05) is 12.8 Å². The minimum absolute atomic E-state index is 0.114. The van der Waals surface area contributed by atoms with Crippen molar-refractivity contribution >= 4 is 5.91 Å². The maximum atomic E-state index is 13.2. The number of amides is 1. The highest BCUT2D eigenvalue weighted by Gasteiger charge is 2.49. The van der Waals surface area contributed by atoms with Crippen LogP contribution >= 0.6 is 0 Å². The fraction of sp³-hybridized carbons (Fsp3) is 0.938. The van der Waals surface area contributed by atoms with Gasteiger partial charge in [0.1, 0.15) is 0 Å². The molecule has 22 heavy (non-hydrogen) atoms. The van der Waals surface area contributed by atoms with Gasteiger partial charge in [-0.25, -0.2) is 0 Å². The number of hydrogen-bond acceptors (Lipinski definition) is 2. The number of carbonyl (C=O) groups is 1. The Balaban J connectivity index is 1.66. The van der Waals surface area contributed by atoms with Crippen LogP contribution in [0.2, 0.25) is 0 Å². The maximum absolute atomic E-state index is 13.2. The smallest absolute Gasteiger partial charge is 0.342 e. The molecular weight excluding hydrogens is 293 g/mol. The second-order valence-electron chi connectivity index (χ2n) is 7.12. The molecule has 0 spiro atoms. The van der Waals surface area contributed by atoms with Crippen LogP contribution in [-0.4, -0.2) is 43.2 Å². The summed E-state index contributed by atoms with van der Waals surface area (Å²) in [4.78, 5) is 14.4. The molecule has 1 amide bonds. The Morgan fingerprint density at radius 1 is 0.955 bits per heavy atom. The van der Waals surface area contributed by atoms with Gasteiger partial charge in [0.25, 0.3) is 0 Å². The van der Waals surface area contributed by atoms with Gasteiger partial charge in [-0.05, 0) is 50.6 Å². The lowest BCUT2D eigenvalue weighted by molar-refractivity contribution is -0.200. The average molecular weight is 318 g/mol. The number of rotatable bonds is 1. The molecule has 0 bridgehead atoms. The van der Waals surface area contributed by atoms with Crippen molar-refractivity contribution in [3.8, 4) is 0 Å². The number of nitrogens with zero attached hydrogens (tertiary/aromatic N) is 1. The monoisotopic (exact) mass is 318 g/mol. The highest BCUT2D eigenvalue weighted by Crippen LogP contribution is 2.42. The molecule has 0 aromatic carbocycles. The molecular formula is C16H25F3N2O. The molecule has 3 fully saturated rings. The van der Waals surface area contributed by atoms with Crippen molar-refractivity contribution in [3.05, 3.63) is 0 Å². The van der Waals surface area contributed by atoms with E-state index in [1.807, 2.05) is 0 Å². The van der Waals surface area contributed by atoms with Gasteiger partial charge in [-0.15, -0.1) is 0 Å². The first-order valence-corrected chi connectivity index (χ1v) is 8.53. The van der Waals surface area contributed by atoms with E-state index in [0.29, 0.717) is 37.8 Å². The molecule has 2 heterocycles. The van der Waals surface area contributed by atoms with Crippen LogP contribution in [0, 0.1) is 23.7 Å². The van der Waals surface area contributed by atoms with Crippen LogP contribution in [0.3, 0.4) is 0 Å². The van der Waals surface area contributed by atoms with E-state index >= 15 is 0 Å². The van der Waals surface area contributed by atoms with Crippen LogP contribution in [0.4, 0.5) is 13.2 Å². The third-order valence-electron chi connectivity index (χ3n) is 5.83. The van der Waals surface area contributed by atoms with E-state index in [4.69, 9.17) is 0 Å². The summed E-state index contributed by atoms with van der Waals surface area (Å²) in [6.07, 6.45) is -0.556. The summed E-state index contributed by atoms with van der Waals surface area (Å²) in [5, 5.41) is 3.37. The zero-order valence-corrected chi connectivity index (χ0v) is 12.9. The van der Waals surface area contributed by atoms with Crippen LogP contribution < -0.4 is 5.32 Å². The van der Waals surface area contributed by atoms with Gasteiger partial charge >= 0.3 is 6.18 Å². The van der Waals surface area contributed by atoms with Crippen molar-refractivity contribution in [2.24, 2.45) is 23.7 Å². The normalized spacial score (nSPS) is 36.8. The highest BCUT2D eigenvalue weighted by atomic mass is 19.4. The molecule has 2 saturated heterocycles. The molecule has 3 nitrogen and oxygen atoms in total. The molecule has 2 unspecified atom stereocenters. The number of likely N-dealkylation sites (tertiary alicyclic amines) is 1. The van der Waals surface area contributed by atoms with Crippen LogP contribution in [0.25, 0.3) is 0 Å². The van der Waals surface area contributed by atoms with Crippen molar-refractivity contribution in [1.82, 2.24) is 10.2 Å². The van der Waals surface area contributed by atoms with Gasteiger partial charge < -0.3 is 10.2 Å². The molecule has 3 rings (SSSR count). The van der Waals surface area contributed by atoms with Crippen LogP contribution in [0.5, 0.6) is 0 Å². The minimum atomic E-state index is -4.24. The standard InChI is InChI=1S/C16H25F3N2O/c17-16(18,19)14-4-2-1-3-13(14)15(22)21-7-5-11-9-20-10-12(11)6-8-21/h11-14,20H,1-10H2/t11-,12+,13?,14?. The van der Waals surface area contributed by atoms with Gasteiger partial charge in [0.05, 0.1) is 5.92 Å². The molecule has 3 aliphatic rings. The largest absolute Gasteiger partial charge is 0.392 e. The minimum Gasteiger partial charge on any atom is -0.342 e. The van der Waals surface area contributed by atoms with Gasteiger partial charge in [-0.2, -0.15) is 13.2 Å². The van der Waals surface area contributed by atoms with Crippen molar-refractivity contribution in [1.29, 1.82) is 0 Å². The third-order valence-corrected chi connectivity index (χ3v) is 5.83. The lowest BCUT2D eigenvalue weighted by Crippen LogP contribution is -2.45. The Hall–Kier alpha value is -0.780. The molecule has 126 valence electrons. The van der Waals surface area contributed by atoms with Crippen LogP contribution in [-0.2, 0) is 4.79 Å². The molecule has 0 aromatic rings. The van der Waals surface area contributed by atoms with E-state index in [1.54, 1.807) is 4.90 Å². The van der Waals surface area contributed by atoms with E-state index < -0.39 is 18.0 Å². The van der Waals surface area contributed by atoms with E-state index in [9.17, 15) is 18.0 Å². The molecule has 4 atom stereocenters. The lowest BCUT2D eigenvalue weighted by Gasteiger charge is -2.35. The second-order valence-corrected chi connectivity index (χ2v) is 7.12. The summed E-state index contributed by atoms with van der Waals surface area (Å²) >= 11 is 0. The summed E-state index contributed by atoms with van der Waals surface area (Å²) < 4.78 is 39.6. The maximum Gasteiger partial charge on any atom is 0.392 e. The van der Waals surface area contributed by atoms with Gasteiger partial charge in [0, 0.05) is 19.0 Å². The molecule has 1 N–H and O–H groups in total. The molecule has 1 aliphatic carbocycles.